The largest absolute Gasteiger partial charge is 0.459 e. The molecule has 0 bridgehead atoms. The summed E-state index contributed by atoms with van der Waals surface area (Å²) in [4.78, 5) is 36.1. The third-order valence-electron chi connectivity index (χ3n) is 3.52. The summed E-state index contributed by atoms with van der Waals surface area (Å²) in [5.41, 5.74) is 6.46. The highest BCUT2D eigenvalue weighted by Crippen LogP contribution is 2.13. The van der Waals surface area contributed by atoms with Crippen molar-refractivity contribution in [1.29, 1.82) is 0 Å². The molecule has 0 unspecified atom stereocenters. The SMILES string of the molecule is C[C@@H](NC(=O)c1ccco1)C(=O)OCc1nc(N)nc(Nc2ccccc2)n1. The van der Waals surface area contributed by atoms with Crippen LogP contribution in [-0.4, -0.2) is 32.9 Å². The molecular formula is C18H18N6O4. The van der Waals surface area contributed by atoms with Crippen LogP contribution < -0.4 is 16.4 Å². The Morgan fingerprint density at radius 3 is 2.64 bits per heavy atom. The number of para-hydroxylation sites is 1. The average molecular weight is 382 g/mol. The molecule has 1 aromatic carbocycles. The lowest BCUT2D eigenvalue weighted by Gasteiger charge is -2.12. The Bertz CT molecular complexity index is 946. The minimum absolute atomic E-state index is 0.0151. The molecular weight excluding hydrogens is 364 g/mol. The summed E-state index contributed by atoms with van der Waals surface area (Å²) in [7, 11) is 0. The fourth-order valence-electron chi connectivity index (χ4n) is 2.20. The van der Waals surface area contributed by atoms with Gasteiger partial charge in [-0.25, -0.2) is 4.79 Å². The number of aromatic nitrogens is 3. The van der Waals surface area contributed by atoms with E-state index in [0.29, 0.717) is 0 Å². The molecule has 0 aliphatic rings. The summed E-state index contributed by atoms with van der Waals surface area (Å²) < 4.78 is 10.1. The lowest BCUT2D eigenvalue weighted by molar-refractivity contribution is -0.147. The number of amides is 1. The molecule has 2 aromatic heterocycles. The van der Waals surface area contributed by atoms with Crippen LogP contribution in [0, 0.1) is 0 Å². The van der Waals surface area contributed by atoms with Gasteiger partial charge in [-0.3, -0.25) is 4.79 Å². The van der Waals surface area contributed by atoms with E-state index in [1.54, 1.807) is 6.07 Å². The second kappa shape index (κ2) is 8.62. The van der Waals surface area contributed by atoms with Crippen LogP contribution in [0.5, 0.6) is 0 Å². The number of hydrogen-bond acceptors (Lipinski definition) is 9. The third kappa shape index (κ3) is 5.04. The summed E-state index contributed by atoms with van der Waals surface area (Å²) in [6.07, 6.45) is 1.37. The van der Waals surface area contributed by atoms with Gasteiger partial charge in [0.15, 0.2) is 18.2 Å². The molecule has 0 aliphatic heterocycles. The number of nitrogens with zero attached hydrogens (tertiary/aromatic N) is 3. The van der Waals surface area contributed by atoms with E-state index in [4.69, 9.17) is 14.9 Å². The number of carbonyl (C=O) groups is 2. The number of esters is 1. The van der Waals surface area contributed by atoms with Crippen LogP contribution in [0.4, 0.5) is 17.6 Å². The first-order valence-electron chi connectivity index (χ1n) is 8.35. The lowest BCUT2D eigenvalue weighted by Crippen LogP contribution is -2.39. The molecule has 0 aliphatic carbocycles. The summed E-state index contributed by atoms with van der Waals surface area (Å²) in [6.45, 7) is 1.27. The number of rotatable bonds is 7. The predicted octanol–water partition coefficient (Wildman–Crippen LogP) is 1.65. The second-order valence-electron chi connectivity index (χ2n) is 5.70. The maximum Gasteiger partial charge on any atom is 0.328 e. The van der Waals surface area contributed by atoms with Crippen molar-refractivity contribution in [2.24, 2.45) is 0 Å². The van der Waals surface area contributed by atoms with Gasteiger partial charge in [0.25, 0.3) is 5.91 Å². The monoisotopic (exact) mass is 382 g/mol. The molecule has 1 amide bonds. The topological polar surface area (TPSA) is 145 Å². The highest BCUT2D eigenvalue weighted by molar-refractivity contribution is 5.94. The van der Waals surface area contributed by atoms with Gasteiger partial charge in [-0.2, -0.15) is 15.0 Å². The Morgan fingerprint density at radius 2 is 1.93 bits per heavy atom. The van der Waals surface area contributed by atoms with Gasteiger partial charge in [0.2, 0.25) is 11.9 Å². The van der Waals surface area contributed by atoms with Crippen LogP contribution in [-0.2, 0) is 16.1 Å². The number of anilines is 3. The van der Waals surface area contributed by atoms with Crippen LogP contribution in [0.3, 0.4) is 0 Å². The molecule has 3 aromatic rings. The second-order valence-corrected chi connectivity index (χ2v) is 5.70. The minimum atomic E-state index is -0.890. The first-order chi connectivity index (χ1) is 13.5. The molecule has 2 heterocycles. The van der Waals surface area contributed by atoms with E-state index in [-0.39, 0.29) is 30.1 Å². The number of nitrogens with two attached hydrogens (primary N) is 1. The number of benzene rings is 1. The summed E-state index contributed by atoms with van der Waals surface area (Å²) in [5.74, 6) is -0.697. The maximum atomic E-state index is 12.1. The molecule has 28 heavy (non-hydrogen) atoms. The van der Waals surface area contributed by atoms with Gasteiger partial charge in [0, 0.05) is 5.69 Å². The van der Waals surface area contributed by atoms with Crippen molar-refractivity contribution < 1.29 is 18.7 Å². The number of hydrogen-bond donors (Lipinski definition) is 3. The highest BCUT2D eigenvalue weighted by Gasteiger charge is 2.20. The number of ether oxygens (including phenoxy) is 1. The average Bonchev–Trinajstić information content (AvgIpc) is 3.21. The molecule has 0 radical (unpaired) electrons. The van der Waals surface area contributed by atoms with E-state index < -0.39 is 17.9 Å². The zero-order valence-electron chi connectivity index (χ0n) is 15.0. The molecule has 10 nitrogen and oxygen atoms in total. The Balaban J connectivity index is 1.57. The van der Waals surface area contributed by atoms with Crippen LogP contribution in [0.15, 0.2) is 53.1 Å². The zero-order chi connectivity index (χ0) is 19.9. The smallest absolute Gasteiger partial charge is 0.328 e. The fraction of sp³-hybridized carbons (Fsp3) is 0.167. The number of nitrogens with one attached hydrogen (secondary N) is 2. The van der Waals surface area contributed by atoms with E-state index in [9.17, 15) is 9.59 Å². The van der Waals surface area contributed by atoms with Crippen molar-refractivity contribution in [2.75, 3.05) is 11.1 Å². The molecule has 0 spiro atoms. The van der Waals surface area contributed by atoms with Crippen molar-refractivity contribution in [1.82, 2.24) is 20.3 Å². The molecule has 0 saturated heterocycles. The standard InChI is InChI=1S/C18H18N6O4/c1-11(20-15(25)13-8-5-9-27-13)16(26)28-10-14-22-17(19)24-18(23-14)21-12-6-3-2-4-7-12/h2-9,11H,10H2,1H3,(H,20,25)(H3,19,21,22,23,24)/t11-/m1/s1. The fourth-order valence-corrected chi connectivity index (χ4v) is 2.20. The summed E-state index contributed by atoms with van der Waals surface area (Å²) in [6, 6.07) is 11.4. The molecule has 1 atom stereocenters. The van der Waals surface area contributed by atoms with Crippen molar-refractivity contribution in [2.45, 2.75) is 19.6 Å². The van der Waals surface area contributed by atoms with E-state index in [2.05, 4.69) is 25.6 Å². The zero-order valence-corrected chi connectivity index (χ0v) is 15.0. The number of nitrogen functional groups attached to an aromatic ring is 1. The van der Waals surface area contributed by atoms with Gasteiger partial charge < -0.3 is 25.5 Å². The van der Waals surface area contributed by atoms with Crippen molar-refractivity contribution in [3.05, 3.63) is 60.3 Å². The predicted molar refractivity (Wildman–Crippen MR) is 99.4 cm³/mol. The van der Waals surface area contributed by atoms with E-state index in [1.807, 2.05) is 30.3 Å². The van der Waals surface area contributed by atoms with Crippen LogP contribution in [0.25, 0.3) is 0 Å². The number of carbonyl (C=O) groups excluding carboxylic acids is 2. The molecule has 0 fully saturated rings. The summed E-state index contributed by atoms with van der Waals surface area (Å²) in [5, 5.41) is 5.46. The Hall–Kier alpha value is -3.95. The highest BCUT2D eigenvalue weighted by atomic mass is 16.5. The first-order valence-corrected chi connectivity index (χ1v) is 8.35. The van der Waals surface area contributed by atoms with E-state index >= 15 is 0 Å². The van der Waals surface area contributed by atoms with Crippen molar-refractivity contribution in [3.63, 3.8) is 0 Å². The van der Waals surface area contributed by atoms with Gasteiger partial charge in [0.05, 0.1) is 6.26 Å². The van der Waals surface area contributed by atoms with Crippen LogP contribution in [0.1, 0.15) is 23.3 Å². The maximum absolute atomic E-state index is 12.1. The van der Waals surface area contributed by atoms with Crippen LogP contribution >= 0.6 is 0 Å². The Kier molecular flexibility index (Phi) is 5.80. The molecule has 144 valence electrons. The van der Waals surface area contributed by atoms with E-state index in [0.717, 1.165) is 5.69 Å². The van der Waals surface area contributed by atoms with Gasteiger partial charge in [-0.15, -0.1) is 0 Å². The Morgan fingerprint density at radius 1 is 1.14 bits per heavy atom. The first kappa shape index (κ1) is 18.8. The van der Waals surface area contributed by atoms with E-state index in [1.165, 1.54) is 19.3 Å². The molecule has 3 rings (SSSR count). The van der Waals surface area contributed by atoms with Gasteiger partial charge >= 0.3 is 5.97 Å². The molecule has 4 N–H and O–H groups in total. The quantitative estimate of drug-likeness (QED) is 0.519. The van der Waals surface area contributed by atoms with Gasteiger partial charge in [-0.05, 0) is 31.2 Å². The lowest BCUT2D eigenvalue weighted by atomic mass is 10.3. The van der Waals surface area contributed by atoms with Crippen molar-refractivity contribution >= 4 is 29.5 Å². The third-order valence-corrected chi connectivity index (χ3v) is 3.52. The summed E-state index contributed by atoms with van der Waals surface area (Å²) >= 11 is 0. The van der Waals surface area contributed by atoms with Gasteiger partial charge in [0.1, 0.15) is 6.04 Å². The molecule has 10 heteroatoms. The van der Waals surface area contributed by atoms with Crippen LogP contribution in [0.2, 0.25) is 0 Å². The minimum Gasteiger partial charge on any atom is -0.459 e. The Labute approximate surface area is 160 Å². The number of furan rings is 1. The van der Waals surface area contributed by atoms with Crippen molar-refractivity contribution in [3.8, 4) is 0 Å². The van der Waals surface area contributed by atoms with Gasteiger partial charge in [-0.1, -0.05) is 18.2 Å². The normalized spacial score (nSPS) is 11.5. The molecule has 0 saturated carbocycles.